The topological polar surface area (TPSA) is 68.7 Å². The van der Waals surface area contributed by atoms with Gasteiger partial charge in [0, 0.05) is 26.3 Å². The number of aryl methyl sites for hydroxylation is 1. The summed E-state index contributed by atoms with van der Waals surface area (Å²) in [4.78, 5) is 6.45. The fourth-order valence-corrected chi connectivity index (χ4v) is 1.84. The minimum atomic E-state index is 0. The van der Waals surface area contributed by atoms with E-state index in [2.05, 4.69) is 15.0 Å². The van der Waals surface area contributed by atoms with Gasteiger partial charge in [-0.15, -0.1) is 24.0 Å². The average molecular weight is 365 g/mol. The highest BCUT2D eigenvalue weighted by atomic mass is 127. The van der Waals surface area contributed by atoms with Crippen LogP contribution in [0.25, 0.3) is 0 Å². The van der Waals surface area contributed by atoms with Crippen LogP contribution in [0.15, 0.2) is 17.3 Å². The summed E-state index contributed by atoms with van der Waals surface area (Å²) in [5.74, 6) is 0.585. The zero-order valence-corrected chi connectivity index (χ0v) is 13.1. The molecule has 6 nitrogen and oxygen atoms in total. The van der Waals surface area contributed by atoms with Crippen molar-refractivity contribution in [2.75, 3.05) is 19.7 Å². The Labute approximate surface area is 124 Å². The molecule has 1 aromatic heterocycles. The Balaban J connectivity index is 0.00000162. The van der Waals surface area contributed by atoms with Crippen LogP contribution < -0.4 is 5.73 Å². The van der Waals surface area contributed by atoms with Crippen LogP contribution in [0.5, 0.6) is 0 Å². The Morgan fingerprint density at radius 3 is 3.06 bits per heavy atom. The molecule has 2 rings (SSSR count). The van der Waals surface area contributed by atoms with Crippen molar-refractivity contribution in [3.05, 3.63) is 18.0 Å². The number of aromatic nitrogens is 2. The van der Waals surface area contributed by atoms with Crippen molar-refractivity contribution >= 4 is 29.9 Å². The Morgan fingerprint density at radius 2 is 2.44 bits per heavy atom. The lowest BCUT2D eigenvalue weighted by atomic mass is 10.3. The van der Waals surface area contributed by atoms with Gasteiger partial charge >= 0.3 is 0 Å². The Morgan fingerprint density at radius 1 is 1.67 bits per heavy atom. The quantitative estimate of drug-likeness (QED) is 0.473. The lowest BCUT2D eigenvalue weighted by molar-refractivity contribution is 0.00528. The van der Waals surface area contributed by atoms with Gasteiger partial charge < -0.3 is 15.4 Å². The zero-order chi connectivity index (χ0) is 12.3. The second kappa shape index (κ2) is 6.93. The molecule has 2 heterocycles. The van der Waals surface area contributed by atoms with E-state index in [1.165, 1.54) is 0 Å². The highest BCUT2D eigenvalue weighted by Gasteiger charge is 2.17. The Kier molecular flexibility index (Phi) is 5.86. The molecule has 7 heteroatoms. The molecule has 18 heavy (non-hydrogen) atoms. The van der Waals surface area contributed by atoms with E-state index in [9.17, 15) is 0 Å². The SMILES string of the molecule is CC1CN(C(N)=NCc2ccnn2C)CCO1.I. The van der Waals surface area contributed by atoms with E-state index in [4.69, 9.17) is 10.5 Å². The minimum absolute atomic E-state index is 0. The number of rotatable bonds is 2. The van der Waals surface area contributed by atoms with Gasteiger partial charge in [-0.1, -0.05) is 0 Å². The fourth-order valence-electron chi connectivity index (χ4n) is 1.84. The number of hydrogen-bond donors (Lipinski definition) is 1. The standard InChI is InChI=1S/C11H19N5O.HI/c1-9-8-16(5-6-17-9)11(12)13-7-10-3-4-14-15(10)2;/h3-4,9H,5-8H2,1-2H3,(H2,12,13);1H. The third-order valence-corrected chi connectivity index (χ3v) is 2.89. The lowest BCUT2D eigenvalue weighted by Crippen LogP contribution is -2.47. The van der Waals surface area contributed by atoms with E-state index >= 15 is 0 Å². The predicted octanol–water partition coefficient (Wildman–Crippen LogP) is 0.573. The smallest absolute Gasteiger partial charge is 0.191 e. The third kappa shape index (κ3) is 3.84. The molecule has 102 valence electrons. The number of morpholine rings is 1. The van der Waals surface area contributed by atoms with E-state index in [0.29, 0.717) is 19.1 Å². The summed E-state index contributed by atoms with van der Waals surface area (Å²) in [6.45, 7) is 4.93. The van der Waals surface area contributed by atoms with Crippen molar-refractivity contribution < 1.29 is 4.74 Å². The number of ether oxygens (including phenoxy) is 1. The van der Waals surface area contributed by atoms with Crippen molar-refractivity contribution in [3.63, 3.8) is 0 Å². The second-order valence-electron chi connectivity index (χ2n) is 4.25. The molecule has 0 saturated carbocycles. The van der Waals surface area contributed by atoms with Gasteiger partial charge in [0.2, 0.25) is 0 Å². The summed E-state index contributed by atoms with van der Waals surface area (Å²) in [6, 6.07) is 1.94. The van der Waals surface area contributed by atoms with Crippen molar-refractivity contribution in [1.29, 1.82) is 0 Å². The molecular weight excluding hydrogens is 345 g/mol. The molecule has 1 saturated heterocycles. The molecule has 0 amide bonds. The number of aliphatic imine (C=N–C) groups is 1. The summed E-state index contributed by atoms with van der Waals surface area (Å²) in [5.41, 5.74) is 7.02. The molecule has 1 aliphatic heterocycles. The maximum atomic E-state index is 5.97. The van der Waals surface area contributed by atoms with Gasteiger partial charge in [-0.2, -0.15) is 5.10 Å². The molecule has 0 aliphatic carbocycles. The maximum Gasteiger partial charge on any atom is 0.191 e. The molecule has 1 unspecified atom stereocenters. The molecule has 0 aromatic carbocycles. The van der Waals surface area contributed by atoms with E-state index in [1.807, 2.05) is 20.0 Å². The van der Waals surface area contributed by atoms with Crippen LogP contribution in [0.2, 0.25) is 0 Å². The second-order valence-corrected chi connectivity index (χ2v) is 4.25. The van der Waals surface area contributed by atoms with Crippen molar-refractivity contribution in [1.82, 2.24) is 14.7 Å². The van der Waals surface area contributed by atoms with Crippen LogP contribution in [0, 0.1) is 0 Å². The summed E-state index contributed by atoms with van der Waals surface area (Å²) in [6.07, 6.45) is 1.98. The Hall–Kier alpha value is -0.830. The molecule has 1 aromatic rings. The van der Waals surface area contributed by atoms with Gasteiger partial charge in [0.25, 0.3) is 0 Å². The van der Waals surface area contributed by atoms with Gasteiger partial charge in [-0.3, -0.25) is 4.68 Å². The normalized spacial score (nSPS) is 20.7. The van der Waals surface area contributed by atoms with Gasteiger partial charge in [0.1, 0.15) is 0 Å². The number of nitrogens with zero attached hydrogens (tertiary/aromatic N) is 4. The molecule has 0 radical (unpaired) electrons. The number of nitrogens with two attached hydrogens (primary N) is 1. The molecule has 0 bridgehead atoms. The zero-order valence-electron chi connectivity index (χ0n) is 10.7. The molecule has 2 N–H and O–H groups in total. The third-order valence-electron chi connectivity index (χ3n) is 2.89. The van der Waals surface area contributed by atoms with Gasteiger partial charge in [0.15, 0.2) is 5.96 Å². The molecule has 1 fully saturated rings. The van der Waals surface area contributed by atoms with Gasteiger partial charge in [0.05, 0.1) is 24.9 Å². The summed E-state index contributed by atoms with van der Waals surface area (Å²) in [7, 11) is 1.90. The molecule has 0 spiro atoms. The number of halogens is 1. The van der Waals surface area contributed by atoms with Gasteiger partial charge in [-0.25, -0.2) is 4.99 Å². The van der Waals surface area contributed by atoms with Crippen LogP contribution >= 0.6 is 24.0 Å². The van der Waals surface area contributed by atoms with E-state index in [0.717, 1.165) is 18.8 Å². The number of guanidine groups is 1. The highest BCUT2D eigenvalue weighted by Crippen LogP contribution is 2.05. The fraction of sp³-hybridized carbons (Fsp3) is 0.636. The summed E-state index contributed by atoms with van der Waals surface area (Å²) >= 11 is 0. The van der Waals surface area contributed by atoms with Crippen LogP contribution in [0.1, 0.15) is 12.6 Å². The van der Waals surface area contributed by atoms with E-state index in [-0.39, 0.29) is 30.1 Å². The first-order valence-electron chi connectivity index (χ1n) is 5.80. The van der Waals surface area contributed by atoms with Crippen molar-refractivity contribution in [2.24, 2.45) is 17.8 Å². The first-order valence-corrected chi connectivity index (χ1v) is 5.80. The highest BCUT2D eigenvalue weighted by molar-refractivity contribution is 14.0. The molecular formula is C11H20IN5O. The van der Waals surface area contributed by atoms with Crippen LogP contribution in [-0.2, 0) is 18.3 Å². The monoisotopic (exact) mass is 365 g/mol. The van der Waals surface area contributed by atoms with E-state index < -0.39 is 0 Å². The summed E-state index contributed by atoms with van der Waals surface area (Å²) < 4.78 is 7.27. The first-order chi connectivity index (χ1) is 8.16. The van der Waals surface area contributed by atoms with Crippen LogP contribution in [0.3, 0.4) is 0 Å². The van der Waals surface area contributed by atoms with E-state index in [1.54, 1.807) is 10.9 Å². The van der Waals surface area contributed by atoms with Crippen LogP contribution in [-0.4, -0.2) is 46.4 Å². The maximum absolute atomic E-state index is 5.97. The molecule has 1 atom stereocenters. The lowest BCUT2D eigenvalue weighted by Gasteiger charge is -2.31. The van der Waals surface area contributed by atoms with Crippen molar-refractivity contribution in [2.45, 2.75) is 19.6 Å². The van der Waals surface area contributed by atoms with Gasteiger partial charge in [-0.05, 0) is 13.0 Å². The average Bonchev–Trinajstić information content (AvgIpc) is 2.72. The molecule has 1 aliphatic rings. The number of hydrogen-bond acceptors (Lipinski definition) is 3. The predicted molar refractivity (Wildman–Crippen MR) is 80.9 cm³/mol. The first kappa shape index (κ1) is 15.2. The summed E-state index contributed by atoms with van der Waals surface area (Å²) in [5, 5.41) is 4.09. The minimum Gasteiger partial charge on any atom is -0.375 e. The van der Waals surface area contributed by atoms with Crippen molar-refractivity contribution in [3.8, 4) is 0 Å². The Bertz CT molecular complexity index is 406. The van der Waals surface area contributed by atoms with Crippen LogP contribution in [0.4, 0.5) is 0 Å². The largest absolute Gasteiger partial charge is 0.375 e.